The largest absolute Gasteiger partial charge is 0.394 e. The molecule has 0 saturated carbocycles. The zero-order chi connectivity index (χ0) is 14.6. The van der Waals surface area contributed by atoms with Crippen molar-refractivity contribution in [2.24, 2.45) is 0 Å². The second kappa shape index (κ2) is 7.46. The first-order valence-electron chi connectivity index (χ1n) is 6.29. The molecular formula is C11H23NO7. The minimum atomic E-state index is -1.46. The molecule has 1 aliphatic rings. The average Bonchev–Trinajstić information content (AvgIpc) is 2.36. The highest BCUT2D eigenvalue weighted by Crippen LogP contribution is 2.20. The van der Waals surface area contributed by atoms with Crippen molar-refractivity contribution in [2.75, 3.05) is 6.61 Å². The Labute approximate surface area is 111 Å². The van der Waals surface area contributed by atoms with E-state index < -0.39 is 49.6 Å². The van der Waals surface area contributed by atoms with Gasteiger partial charge >= 0.3 is 0 Å². The summed E-state index contributed by atoms with van der Waals surface area (Å²) < 4.78 is 4.93. The lowest BCUT2D eigenvalue weighted by Crippen LogP contribution is -2.64. The summed E-state index contributed by atoms with van der Waals surface area (Å²) in [6.07, 6.45) is -6.36. The van der Waals surface area contributed by atoms with Gasteiger partial charge in [-0.05, 0) is 19.8 Å². The summed E-state index contributed by atoms with van der Waals surface area (Å²) in [6.45, 7) is 1.04. The van der Waals surface area contributed by atoms with Crippen LogP contribution in [0.3, 0.4) is 0 Å². The van der Waals surface area contributed by atoms with Crippen molar-refractivity contribution in [3.05, 3.63) is 0 Å². The summed E-state index contributed by atoms with van der Waals surface area (Å²) >= 11 is 0. The molecule has 7 atom stereocenters. The second-order valence-corrected chi connectivity index (χ2v) is 4.86. The van der Waals surface area contributed by atoms with E-state index in [0.717, 1.165) is 0 Å². The van der Waals surface area contributed by atoms with Gasteiger partial charge in [0, 0.05) is 0 Å². The molecule has 0 bridgehead atoms. The Morgan fingerprint density at radius 3 is 2.26 bits per heavy atom. The first-order chi connectivity index (χ1) is 8.86. The van der Waals surface area contributed by atoms with Gasteiger partial charge < -0.3 is 35.4 Å². The van der Waals surface area contributed by atoms with E-state index in [1.165, 1.54) is 0 Å². The van der Waals surface area contributed by atoms with Crippen LogP contribution < -0.4 is 5.32 Å². The standard InChI is InChI=1S/C11H23NO7/c1-5(14)2-3-7(15)12-8-10(17)9(16)6(4-13)19-11(8)18/h5-18H,2-4H2,1H3/t5?,6?,7?,8-,9-,10?,11-/m1/s1. The highest BCUT2D eigenvalue weighted by molar-refractivity contribution is 4.93. The zero-order valence-electron chi connectivity index (χ0n) is 10.8. The van der Waals surface area contributed by atoms with Gasteiger partial charge in [0.2, 0.25) is 0 Å². The Balaban J connectivity index is 2.52. The fourth-order valence-electron chi connectivity index (χ4n) is 1.98. The normalized spacial score (nSPS) is 39.0. The van der Waals surface area contributed by atoms with Crippen LogP contribution in [-0.2, 0) is 4.74 Å². The predicted octanol–water partition coefficient (Wildman–Crippen LogP) is -3.14. The maximum absolute atomic E-state index is 9.81. The molecule has 0 aromatic rings. The fourth-order valence-corrected chi connectivity index (χ4v) is 1.98. The van der Waals surface area contributed by atoms with Crippen molar-refractivity contribution >= 4 is 0 Å². The monoisotopic (exact) mass is 281 g/mol. The smallest absolute Gasteiger partial charge is 0.173 e. The molecular weight excluding hydrogens is 258 g/mol. The van der Waals surface area contributed by atoms with E-state index in [2.05, 4.69) is 5.32 Å². The lowest BCUT2D eigenvalue weighted by atomic mass is 9.97. The molecule has 0 aliphatic carbocycles. The summed E-state index contributed by atoms with van der Waals surface area (Å²) in [4.78, 5) is 0. The van der Waals surface area contributed by atoms with E-state index in [-0.39, 0.29) is 6.42 Å². The van der Waals surface area contributed by atoms with Crippen LogP contribution >= 0.6 is 0 Å². The SMILES string of the molecule is CC(O)CCC(O)N[C@@H]1C(O)[C@H](O)C(CO)O[C@H]1O. The molecule has 1 heterocycles. The number of aliphatic hydroxyl groups is 6. The summed E-state index contributed by atoms with van der Waals surface area (Å²) in [5.41, 5.74) is 0. The summed E-state index contributed by atoms with van der Waals surface area (Å²) in [6, 6.07) is -1.08. The van der Waals surface area contributed by atoms with Gasteiger partial charge in [0.25, 0.3) is 0 Å². The predicted molar refractivity (Wildman–Crippen MR) is 63.8 cm³/mol. The van der Waals surface area contributed by atoms with Gasteiger partial charge in [-0.3, -0.25) is 5.32 Å². The Kier molecular flexibility index (Phi) is 6.57. The number of ether oxygens (including phenoxy) is 1. The quantitative estimate of drug-likeness (QED) is 0.253. The minimum absolute atomic E-state index is 0.215. The van der Waals surface area contributed by atoms with Gasteiger partial charge in [-0.1, -0.05) is 0 Å². The van der Waals surface area contributed by atoms with Crippen molar-refractivity contribution in [1.29, 1.82) is 0 Å². The molecule has 0 amide bonds. The van der Waals surface area contributed by atoms with Gasteiger partial charge in [-0.25, -0.2) is 0 Å². The van der Waals surface area contributed by atoms with Crippen molar-refractivity contribution in [1.82, 2.24) is 5.32 Å². The van der Waals surface area contributed by atoms with E-state index in [0.29, 0.717) is 6.42 Å². The molecule has 0 aromatic heterocycles. The Hall–Kier alpha value is -0.320. The van der Waals surface area contributed by atoms with Gasteiger partial charge in [-0.2, -0.15) is 0 Å². The van der Waals surface area contributed by atoms with E-state index in [9.17, 15) is 20.4 Å². The maximum atomic E-state index is 9.81. The first-order valence-corrected chi connectivity index (χ1v) is 6.29. The number of aliphatic hydroxyl groups excluding tert-OH is 6. The summed E-state index contributed by atoms with van der Waals surface area (Å²) in [5, 5.41) is 59.3. The number of rotatable bonds is 6. The lowest BCUT2D eigenvalue weighted by molar-refractivity contribution is -0.258. The Bertz CT molecular complexity index is 265. The molecule has 1 saturated heterocycles. The van der Waals surface area contributed by atoms with Gasteiger partial charge in [0.05, 0.1) is 18.8 Å². The van der Waals surface area contributed by atoms with Crippen molar-refractivity contribution in [2.45, 2.75) is 62.7 Å². The van der Waals surface area contributed by atoms with Crippen molar-refractivity contribution in [3.63, 3.8) is 0 Å². The topological polar surface area (TPSA) is 143 Å². The summed E-state index contributed by atoms with van der Waals surface area (Å²) in [7, 11) is 0. The van der Waals surface area contributed by atoms with Crippen molar-refractivity contribution < 1.29 is 35.4 Å². The number of nitrogens with one attached hydrogen (secondary N) is 1. The molecule has 0 spiro atoms. The molecule has 19 heavy (non-hydrogen) atoms. The molecule has 0 aromatic carbocycles. The molecule has 0 radical (unpaired) electrons. The minimum Gasteiger partial charge on any atom is -0.394 e. The maximum Gasteiger partial charge on any atom is 0.173 e. The lowest BCUT2D eigenvalue weighted by Gasteiger charge is -2.41. The highest BCUT2D eigenvalue weighted by atomic mass is 16.6. The molecule has 1 rings (SSSR count). The van der Waals surface area contributed by atoms with E-state index in [4.69, 9.17) is 14.9 Å². The third-order valence-electron chi connectivity index (χ3n) is 3.14. The Morgan fingerprint density at radius 2 is 1.74 bits per heavy atom. The van der Waals surface area contributed by atoms with Crippen molar-refractivity contribution in [3.8, 4) is 0 Å². The molecule has 114 valence electrons. The molecule has 8 nitrogen and oxygen atoms in total. The van der Waals surface area contributed by atoms with E-state index in [1.54, 1.807) is 6.92 Å². The van der Waals surface area contributed by atoms with Crippen LogP contribution in [0.1, 0.15) is 19.8 Å². The first kappa shape index (κ1) is 16.7. The van der Waals surface area contributed by atoms with Gasteiger partial charge in [0.1, 0.15) is 24.5 Å². The van der Waals surface area contributed by atoms with Crippen LogP contribution in [0.15, 0.2) is 0 Å². The molecule has 7 N–H and O–H groups in total. The second-order valence-electron chi connectivity index (χ2n) is 4.86. The molecule has 4 unspecified atom stereocenters. The average molecular weight is 281 g/mol. The van der Waals surface area contributed by atoms with Crippen LogP contribution in [0.25, 0.3) is 0 Å². The third kappa shape index (κ3) is 4.62. The molecule has 1 fully saturated rings. The molecule has 1 aliphatic heterocycles. The zero-order valence-corrected chi connectivity index (χ0v) is 10.8. The van der Waals surface area contributed by atoms with Crippen LogP contribution in [0, 0.1) is 0 Å². The van der Waals surface area contributed by atoms with Crippen LogP contribution in [0.2, 0.25) is 0 Å². The fraction of sp³-hybridized carbons (Fsp3) is 1.00. The molecule has 8 heteroatoms. The number of hydrogen-bond acceptors (Lipinski definition) is 8. The Morgan fingerprint density at radius 1 is 1.11 bits per heavy atom. The highest BCUT2D eigenvalue weighted by Gasteiger charge is 2.44. The van der Waals surface area contributed by atoms with Gasteiger partial charge in [-0.15, -0.1) is 0 Å². The van der Waals surface area contributed by atoms with E-state index in [1.807, 2.05) is 0 Å². The number of hydrogen-bond donors (Lipinski definition) is 7. The third-order valence-corrected chi connectivity index (χ3v) is 3.14. The van der Waals surface area contributed by atoms with Crippen LogP contribution in [0.4, 0.5) is 0 Å². The summed E-state index contributed by atoms with van der Waals surface area (Å²) in [5.74, 6) is 0. The van der Waals surface area contributed by atoms with E-state index >= 15 is 0 Å². The van der Waals surface area contributed by atoms with Crippen LogP contribution in [-0.4, -0.2) is 80.2 Å². The van der Waals surface area contributed by atoms with Crippen LogP contribution in [0.5, 0.6) is 0 Å². The van der Waals surface area contributed by atoms with Gasteiger partial charge in [0.15, 0.2) is 6.29 Å².